The van der Waals surface area contributed by atoms with E-state index in [-0.39, 0.29) is 10.2 Å². The van der Waals surface area contributed by atoms with Crippen molar-refractivity contribution >= 4 is 21.9 Å². The second kappa shape index (κ2) is 4.69. The minimum absolute atomic E-state index is 0.134. The molecule has 1 rings (SSSR count). The van der Waals surface area contributed by atoms with Gasteiger partial charge in [0.25, 0.3) is 0 Å². The molecule has 16 heavy (non-hydrogen) atoms. The molecule has 0 spiro atoms. The minimum Gasteiger partial charge on any atom is -0.465 e. The van der Waals surface area contributed by atoms with E-state index in [0.717, 1.165) is 19.4 Å². The van der Waals surface area contributed by atoms with Gasteiger partial charge in [-0.3, -0.25) is 0 Å². The number of ether oxygens (including phenoxy) is 2. The Labute approximate surface area is 96.5 Å². The quantitative estimate of drug-likeness (QED) is 0.622. The highest BCUT2D eigenvalue weighted by Gasteiger charge is 2.32. The molecule has 0 N–H and O–H groups in total. The fraction of sp³-hybridized carbons (Fsp3) is 0.250. The van der Waals surface area contributed by atoms with E-state index in [1.165, 1.54) is 0 Å². The van der Waals surface area contributed by atoms with Crippen molar-refractivity contribution < 1.29 is 27.4 Å². The number of halogens is 4. The molecule has 88 valence electrons. The van der Waals surface area contributed by atoms with Crippen LogP contribution in [0.3, 0.4) is 0 Å². The Kier molecular flexibility index (Phi) is 3.74. The Balaban J connectivity index is 3.04. The van der Waals surface area contributed by atoms with E-state index in [1.54, 1.807) is 0 Å². The highest BCUT2D eigenvalue weighted by atomic mass is 79.9. The van der Waals surface area contributed by atoms with Crippen LogP contribution in [0.25, 0.3) is 0 Å². The fourth-order valence-corrected chi connectivity index (χ4v) is 1.15. The molecule has 4 nitrogen and oxygen atoms in total. The summed E-state index contributed by atoms with van der Waals surface area (Å²) in [5.41, 5.74) is -0.134. The Hall–Kier alpha value is -1.31. The largest absolute Gasteiger partial charge is 0.573 e. The first-order valence-corrected chi connectivity index (χ1v) is 4.62. The number of hydrogen-bond acceptors (Lipinski definition) is 4. The molecule has 0 aliphatic heterocycles. The van der Waals surface area contributed by atoms with Crippen molar-refractivity contribution in [3.63, 3.8) is 0 Å². The molecule has 0 saturated heterocycles. The zero-order valence-electron chi connectivity index (χ0n) is 7.84. The number of nitrogens with zero attached hydrogens (tertiary/aromatic N) is 1. The van der Waals surface area contributed by atoms with E-state index in [1.807, 2.05) is 0 Å². The van der Waals surface area contributed by atoms with Crippen LogP contribution >= 0.6 is 15.9 Å². The van der Waals surface area contributed by atoms with Crippen molar-refractivity contribution in [1.29, 1.82) is 0 Å². The van der Waals surface area contributed by atoms with Crippen LogP contribution < -0.4 is 4.74 Å². The second-order valence-corrected chi connectivity index (χ2v) is 3.30. The van der Waals surface area contributed by atoms with Crippen LogP contribution in [0.1, 0.15) is 10.4 Å². The summed E-state index contributed by atoms with van der Waals surface area (Å²) in [6.07, 6.45) is -3.78. The average molecular weight is 300 g/mol. The van der Waals surface area contributed by atoms with E-state index >= 15 is 0 Å². The lowest BCUT2D eigenvalue weighted by atomic mass is 10.3. The summed E-state index contributed by atoms with van der Waals surface area (Å²) in [5, 5.41) is 0. The maximum absolute atomic E-state index is 11.9. The highest BCUT2D eigenvalue weighted by Crippen LogP contribution is 2.29. The maximum atomic E-state index is 11.9. The third-order valence-electron chi connectivity index (χ3n) is 1.45. The van der Waals surface area contributed by atoms with Gasteiger partial charge in [-0.05, 0) is 22.0 Å². The van der Waals surface area contributed by atoms with Gasteiger partial charge >= 0.3 is 12.3 Å². The van der Waals surface area contributed by atoms with Gasteiger partial charge in [0, 0.05) is 6.20 Å². The summed E-state index contributed by atoms with van der Waals surface area (Å²) >= 11 is 2.77. The van der Waals surface area contributed by atoms with Crippen LogP contribution in [0, 0.1) is 0 Å². The van der Waals surface area contributed by atoms with Crippen molar-refractivity contribution in [1.82, 2.24) is 4.98 Å². The summed E-state index contributed by atoms with van der Waals surface area (Å²) in [6.45, 7) is 0. The number of esters is 1. The minimum atomic E-state index is -4.85. The molecule has 1 aromatic rings. The molecule has 8 heteroatoms. The Bertz CT molecular complexity index is 408. The van der Waals surface area contributed by atoms with Gasteiger partial charge in [-0.25, -0.2) is 9.78 Å². The van der Waals surface area contributed by atoms with Crippen LogP contribution in [0.15, 0.2) is 16.9 Å². The molecule has 0 amide bonds. The fourth-order valence-electron chi connectivity index (χ4n) is 0.854. The number of pyridine rings is 1. The van der Waals surface area contributed by atoms with Gasteiger partial charge in [0.05, 0.1) is 12.7 Å². The Morgan fingerprint density at radius 2 is 2.12 bits per heavy atom. The first-order chi connectivity index (χ1) is 7.33. The molecule has 0 fully saturated rings. The smallest absolute Gasteiger partial charge is 0.465 e. The third kappa shape index (κ3) is 3.37. The van der Waals surface area contributed by atoms with Crippen LogP contribution in [-0.4, -0.2) is 24.4 Å². The summed E-state index contributed by atoms with van der Waals surface area (Å²) in [5.74, 6) is -1.40. The van der Waals surface area contributed by atoms with Crippen molar-refractivity contribution in [3.8, 4) is 5.75 Å². The van der Waals surface area contributed by atoms with E-state index in [2.05, 4.69) is 30.4 Å². The molecular weight excluding hydrogens is 295 g/mol. The van der Waals surface area contributed by atoms with Gasteiger partial charge in [-0.15, -0.1) is 13.2 Å². The van der Waals surface area contributed by atoms with E-state index < -0.39 is 18.1 Å². The zero-order chi connectivity index (χ0) is 12.3. The van der Waals surface area contributed by atoms with Gasteiger partial charge < -0.3 is 9.47 Å². The SMILES string of the molecule is COC(=O)c1cnc(Br)c(OC(F)(F)F)c1. The number of aromatic nitrogens is 1. The summed E-state index contributed by atoms with van der Waals surface area (Å²) < 4.78 is 43.7. The second-order valence-electron chi connectivity index (χ2n) is 2.55. The predicted molar refractivity (Wildman–Crippen MR) is 50.0 cm³/mol. The number of carbonyl (C=O) groups excluding carboxylic acids is 1. The number of hydrogen-bond donors (Lipinski definition) is 0. The average Bonchev–Trinajstić information content (AvgIpc) is 2.18. The molecule has 0 radical (unpaired) electrons. The van der Waals surface area contributed by atoms with Crippen molar-refractivity contribution in [2.75, 3.05) is 7.11 Å². The topological polar surface area (TPSA) is 48.4 Å². The molecular formula is C8H5BrF3NO3. The van der Waals surface area contributed by atoms with Crippen LogP contribution in [0.4, 0.5) is 13.2 Å². The Morgan fingerprint density at radius 1 is 1.50 bits per heavy atom. The van der Waals surface area contributed by atoms with Crippen molar-refractivity contribution in [3.05, 3.63) is 22.4 Å². The van der Waals surface area contributed by atoms with Gasteiger partial charge in [0.15, 0.2) is 5.75 Å². The molecule has 0 aliphatic rings. The van der Waals surface area contributed by atoms with Crippen molar-refractivity contribution in [2.45, 2.75) is 6.36 Å². The standard InChI is InChI=1S/C8H5BrF3NO3/c1-15-7(14)4-2-5(6(9)13-3-4)16-8(10,11)12/h2-3H,1H3. The van der Waals surface area contributed by atoms with Gasteiger partial charge in [-0.2, -0.15) is 0 Å². The summed E-state index contributed by atoms with van der Waals surface area (Å²) in [4.78, 5) is 14.6. The molecule has 0 atom stereocenters. The van der Waals surface area contributed by atoms with Crippen molar-refractivity contribution in [2.24, 2.45) is 0 Å². The monoisotopic (exact) mass is 299 g/mol. The summed E-state index contributed by atoms with van der Waals surface area (Å²) in [7, 11) is 1.11. The zero-order valence-corrected chi connectivity index (χ0v) is 9.42. The number of alkyl halides is 3. The molecule has 0 aliphatic carbocycles. The van der Waals surface area contributed by atoms with Gasteiger partial charge in [0.2, 0.25) is 0 Å². The van der Waals surface area contributed by atoms with Crippen LogP contribution in [0.5, 0.6) is 5.75 Å². The number of methoxy groups -OCH3 is 1. The lowest BCUT2D eigenvalue weighted by molar-refractivity contribution is -0.275. The maximum Gasteiger partial charge on any atom is 0.573 e. The first-order valence-electron chi connectivity index (χ1n) is 3.83. The first kappa shape index (κ1) is 12.8. The normalized spacial score (nSPS) is 11.1. The third-order valence-corrected chi connectivity index (χ3v) is 2.05. The molecule has 0 unspecified atom stereocenters. The highest BCUT2D eigenvalue weighted by molar-refractivity contribution is 9.10. The van der Waals surface area contributed by atoms with Gasteiger partial charge in [0.1, 0.15) is 4.60 Å². The molecule has 1 heterocycles. The number of rotatable bonds is 2. The van der Waals surface area contributed by atoms with Crippen LogP contribution in [0.2, 0.25) is 0 Å². The molecule has 0 bridgehead atoms. The van der Waals surface area contributed by atoms with Gasteiger partial charge in [-0.1, -0.05) is 0 Å². The molecule has 0 aromatic carbocycles. The predicted octanol–water partition coefficient (Wildman–Crippen LogP) is 2.53. The summed E-state index contributed by atoms with van der Waals surface area (Å²) in [6, 6.07) is 0.885. The van der Waals surface area contributed by atoms with E-state index in [9.17, 15) is 18.0 Å². The lowest BCUT2D eigenvalue weighted by Gasteiger charge is -2.10. The van der Waals surface area contributed by atoms with E-state index in [0.29, 0.717) is 0 Å². The number of carbonyl (C=O) groups is 1. The molecule has 1 aromatic heterocycles. The Morgan fingerprint density at radius 3 is 2.62 bits per heavy atom. The van der Waals surface area contributed by atoms with Crippen LogP contribution in [-0.2, 0) is 4.74 Å². The molecule has 0 saturated carbocycles. The van der Waals surface area contributed by atoms with E-state index in [4.69, 9.17) is 0 Å². The lowest BCUT2D eigenvalue weighted by Crippen LogP contribution is -2.18.